The van der Waals surface area contributed by atoms with Gasteiger partial charge in [0, 0.05) is 13.1 Å². The molecule has 0 aromatic heterocycles. The highest BCUT2D eigenvalue weighted by atomic mass is 16.5. The van der Waals surface area contributed by atoms with Crippen LogP contribution in [0.4, 0.5) is 4.79 Å². The van der Waals surface area contributed by atoms with E-state index < -0.39 is 11.6 Å². The second-order valence-electron chi connectivity index (χ2n) is 5.53. The number of urea groups is 1. The Labute approximate surface area is 112 Å². The number of amides is 2. The van der Waals surface area contributed by atoms with Crippen LogP contribution >= 0.6 is 0 Å². The highest BCUT2D eigenvalue weighted by Crippen LogP contribution is 2.26. The molecular formula is C13H20N2O4. The Morgan fingerprint density at radius 2 is 2.11 bits per heavy atom. The lowest BCUT2D eigenvalue weighted by Crippen LogP contribution is -2.65. The van der Waals surface area contributed by atoms with Crippen molar-refractivity contribution in [3.8, 4) is 0 Å². The van der Waals surface area contributed by atoms with E-state index >= 15 is 0 Å². The van der Waals surface area contributed by atoms with E-state index in [-0.39, 0.29) is 12.6 Å². The van der Waals surface area contributed by atoms with Crippen molar-refractivity contribution in [3.05, 3.63) is 11.6 Å². The molecule has 0 aromatic rings. The van der Waals surface area contributed by atoms with E-state index in [1.165, 1.54) is 5.57 Å². The molecule has 0 unspecified atom stereocenters. The summed E-state index contributed by atoms with van der Waals surface area (Å²) in [5, 5.41) is 8.58. The number of carbonyl (C=O) groups is 2. The number of carboxylic acid groups (broad SMARTS) is 1. The van der Waals surface area contributed by atoms with Crippen LogP contribution in [0.2, 0.25) is 0 Å². The summed E-state index contributed by atoms with van der Waals surface area (Å²) < 4.78 is 5.29. The fourth-order valence-corrected chi connectivity index (χ4v) is 2.50. The van der Waals surface area contributed by atoms with Gasteiger partial charge in [-0.2, -0.15) is 0 Å². The smallest absolute Gasteiger partial charge is 0.329 e. The molecule has 2 heterocycles. The molecule has 0 radical (unpaired) electrons. The van der Waals surface area contributed by atoms with Crippen molar-refractivity contribution in [2.24, 2.45) is 0 Å². The van der Waals surface area contributed by atoms with E-state index in [1.54, 1.807) is 4.90 Å². The fraction of sp³-hybridized carbons (Fsp3) is 0.692. The number of likely N-dealkylation sites (tertiary alicyclic amines) is 1. The maximum absolute atomic E-state index is 12.2. The normalized spacial score (nSPS) is 21.7. The Morgan fingerprint density at radius 1 is 1.42 bits per heavy atom. The Morgan fingerprint density at radius 3 is 2.68 bits per heavy atom. The first kappa shape index (κ1) is 13.9. The van der Waals surface area contributed by atoms with Gasteiger partial charge < -0.3 is 19.6 Å². The summed E-state index contributed by atoms with van der Waals surface area (Å²) in [6, 6.07) is 0.0175. The molecule has 2 amide bonds. The summed E-state index contributed by atoms with van der Waals surface area (Å²) in [6.07, 6.45) is 3.05. The number of carboxylic acids is 1. The van der Waals surface area contributed by atoms with Crippen molar-refractivity contribution in [1.29, 1.82) is 0 Å². The van der Waals surface area contributed by atoms with Crippen LogP contribution in [0.1, 0.15) is 20.3 Å². The van der Waals surface area contributed by atoms with Gasteiger partial charge in [0.2, 0.25) is 0 Å². The molecule has 1 saturated heterocycles. The van der Waals surface area contributed by atoms with E-state index in [9.17, 15) is 9.59 Å². The second-order valence-corrected chi connectivity index (χ2v) is 5.53. The van der Waals surface area contributed by atoms with Crippen molar-refractivity contribution in [2.45, 2.75) is 25.9 Å². The minimum atomic E-state index is -0.984. The molecule has 106 valence electrons. The molecule has 0 bridgehead atoms. The minimum absolute atomic E-state index is 0.0175. The van der Waals surface area contributed by atoms with Crippen LogP contribution in [0.5, 0.6) is 0 Å². The van der Waals surface area contributed by atoms with Crippen LogP contribution in [-0.4, -0.2) is 65.3 Å². The van der Waals surface area contributed by atoms with E-state index in [2.05, 4.69) is 6.08 Å². The average molecular weight is 268 g/mol. The Balaban J connectivity index is 1.81. The quantitative estimate of drug-likeness (QED) is 0.773. The first-order valence-electron chi connectivity index (χ1n) is 6.45. The summed E-state index contributed by atoms with van der Waals surface area (Å²) in [6.45, 7) is 5.89. The lowest BCUT2D eigenvalue weighted by Gasteiger charge is -2.48. The van der Waals surface area contributed by atoms with E-state index in [0.29, 0.717) is 19.6 Å². The fourth-order valence-electron chi connectivity index (χ4n) is 2.50. The van der Waals surface area contributed by atoms with Crippen LogP contribution in [0, 0.1) is 0 Å². The second kappa shape index (κ2) is 5.21. The van der Waals surface area contributed by atoms with Crippen LogP contribution < -0.4 is 0 Å². The van der Waals surface area contributed by atoms with Gasteiger partial charge >= 0.3 is 12.0 Å². The summed E-state index contributed by atoms with van der Waals surface area (Å²) in [7, 11) is 0. The third kappa shape index (κ3) is 3.26. The summed E-state index contributed by atoms with van der Waals surface area (Å²) in [4.78, 5) is 26.2. The van der Waals surface area contributed by atoms with Gasteiger partial charge in [-0.15, -0.1) is 0 Å². The number of carbonyl (C=O) groups excluding carboxylic acids is 1. The Hall–Kier alpha value is -1.56. The number of hydrogen-bond donors (Lipinski definition) is 1. The number of rotatable bonds is 3. The Kier molecular flexibility index (Phi) is 3.80. The number of aliphatic carboxylic acids is 1. The molecule has 0 spiro atoms. The molecule has 1 fully saturated rings. The van der Waals surface area contributed by atoms with Crippen LogP contribution in [0.15, 0.2) is 11.6 Å². The summed E-state index contributed by atoms with van der Waals surface area (Å²) in [5.74, 6) is -0.984. The molecule has 2 aliphatic heterocycles. The zero-order valence-corrected chi connectivity index (χ0v) is 11.4. The molecule has 0 atom stereocenters. The molecule has 6 heteroatoms. The summed E-state index contributed by atoms with van der Waals surface area (Å²) >= 11 is 0. The highest BCUT2D eigenvalue weighted by molar-refractivity contribution is 5.76. The maximum atomic E-state index is 12.2. The maximum Gasteiger partial charge on any atom is 0.329 e. The topological polar surface area (TPSA) is 70.1 Å². The highest BCUT2D eigenvalue weighted by Gasteiger charge is 2.44. The molecule has 2 aliphatic rings. The molecular weight excluding hydrogens is 248 g/mol. The summed E-state index contributed by atoms with van der Waals surface area (Å²) in [5.41, 5.74) is 0.694. The van der Waals surface area contributed by atoms with Crippen LogP contribution in [0.3, 0.4) is 0 Å². The monoisotopic (exact) mass is 268 g/mol. The van der Waals surface area contributed by atoms with Crippen molar-refractivity contribution >= 4 is 12.0 Å². The third-order valence-corrected chi connectivity index (χ3v) is 3.47. The number of nitrogens with zero attached hydrogens (tertiary/aromatic N) is 2. The van der Waals surface area contributed by atoms with Crippen LogP contribution in [-0.2, 0) is 9.53 Å². The van der Waals surface area contributed by atoms with Crippen molar-refractivity contribution in [2.75, 3.05) is 32.8 Å². The predicted octanol–water partition coefficient (Wildman–Crippen LogP) is 0.934. The molecule has 19 heavy (non-hydrogen) atoms. The standard InChI is InChI=1S/C13H20N2O4/c1-10-4-3-5-14(6-10)12(18)15-8-13(2,9-15)19-7-11(16)17/h4H,3,5-9H2,1-2H3,(H,16,17). The minimum Gasteiger partial charge on any atom is -0.480 e. The first-order chi connectivity index (χ1) is 8.89. The molecule has 0 saturated carbocycles. The van der Waals surface area contributed by atoms with E-state index in [0.717, 1.165) is 13.0 Å². The molecule has 2 rings (SSSR count). The lowest BCUT2D eigenvalue weighted by atomic mass is 9.97. The van der Waals surface area contributed by atoms with Gasteiger partial charge in [0.25, 0.3) is 0 Å². The van der Waals surface area contributed by atoms with E-state index in [4.69, 9.17) is 9.84 Å². The number of ether oxygens (including phenoxy) is 1. The van der Waals surface area contributed by atoms with Gasteiger partial charge in [0.05, 0.1) is 13.1 Å². The van der Waals surface area contributed by atoms with E-state index in [1.807, 2.05) is 18.7 Å². The van der Waals surface area contributed by atoms with Crippen molar-refractivity contribution in [1.82, 2.24) is 9.80 Å². The molecule has 0 aliphatic carbocycles. The average Bonchev–Trinajstić information content (AvgIpc) is 2.32. The molecule has 6 nitrogen and oxygen atoms in total. The molecule has 1 N–H and O–H groups in total. The van der Waals surface area contributed by atoms with Gasteiger partial charge in [-0.25, -0.2) is 9.59 Å². The van der Waals surface area contributed by atoms with Gasteiger partial charge in [-0.3, -0.25) is 0 Å². The first-order valence-corrected chi connectivity index (χ1v) is 6.45. The third-order valence-electron chi connectivity index (χ3n) is 3.47. The zero-order valence-electron chi connectivity index (χ0n) is 11.4. The van der Waals surface area contributed by atoms with Gasteiger partial charge in [-0.05, 0) is 20.3 Å². The van der Waals surface area contributed by atoms with Gasteiger partial charge in [0.15, 0.2) is 0 Å². The van der Waals surface area contributed by atoms with Crippen molar-refractivity contribution in [3.63, 3.8) is 0 Å². The van der Waals surface area contributed by atoms with Gasteiger partial charge in [-0.1, -0.05) is 11.6 Å². The zero-order chi connectivity index (χ0) is 14.0. The Bertz CT molecular complexity index is 413. The van der Waals surface area contributed by atoms with Gasteiger partial charge in [0.1, 0.15) is 12.2 Å². The molecule has 0 aromatic carbocycles. The number of hydrogen-bond acceptors (Lipinski definition) is 3. The predicted molar refractivity (Wildman–Crippen MR) is 68.9 cm³/mol. The largest absolute Gasteiger partial charge is 0.480 e. The van der Waals surface area contributed by atoms with Crippen LogP contribution in [0.25, 0.3) is 0 Å². The van der Waals surface area contributed by atoms with Crippen molar-refractivity contribution < 1.29 is 19.4 Å². The lowest BCUT2D eigenvalue weighted by molar-refractivity contribution is -0.160. The SMILES string of the molecule is CC1=CCCN(C(=O)N2CC(C)(OCC(=O)O)C2)C1.